The van der Waals surface area contributed by atoms with Gasteiger partial charge in [0, 0.05) is 17.0 Å². The monoisotopic (exact) mass is 371 g/mol. The summed E-state index contributed by atoms with van der Waals surface area (Å²) in [6.07, 6.45) is 3.36. The highest BCUT2D eigenvalue weighted by molar-refractivity contribution is 7.85. The van der Waals surface area contributed by atoms with E-state index in [1.54, 1.807) is 0 Å². The van der Waals surface area contributed by atoms with Crippen LogP contribution in [-0.2, 0) is 20.2 Å². The van der Waals surface area contributed by atoms with E-state index in [1.807, 2.05) is 24.4 Å². The first-order valence-electron chi connectivity index (χ1n) is 6.52. The Balaban J connectivity index is 0.000000243. The van der Waals surface area contributed by atoms with Crippen molar-refractivity contribution in [3.8, 4) is 0 Å². The van der Waals surface area contributed by atoms with Gasteiger partial charge in [-0.1, -0.05) is 42.5 Å². The van der Waals surface area contributed by atoms with Crippen LogP contribution in [0.25, 0.3) is 21.7 Å². The van der Waals surface area contributed by atoms with E-state index >= 15 is 0 Å². The molecular weight excluding hydrogens is 354 g/mol. The van der Waals surface area contributed by atoms with Gasteiger partial charge in [-0.2, -0.15) is 16.8 Å². The van der Waals surface area contributed by atoms with Gasteiger partial charge in [-0.15, -0.1) is 0 Å². The lowest BCUT2D eigenvalue weighted by atomic mass is 10.1. The van der Waals surface area contributed by atoms with Crippen LogP contribution in [0.15, 0.2) is 54.7 Å². The van der Waals surface area contributed by atoms with Gasteiger partial charge in [-0.25, -0.2) is 0 Å². The second kappa shape index (κ2) is 8.15. The molecule has 0 unspecified atom stereocenters. The van der Waals surface area contributed by atoms with E-state index in [9.17, 15) is 16.8 Å². The fourth-order valence-corrected chi connectivity index (χ4v) is 1.81. The fourth-order valence-electron chi connectivity index (χ4n) is 1.81. The highest BCUT2D eigenvalue weighted by Crippen LogP contribution is 2.22. The van der Waals surface area contributed by atoms with Crippen LogP contribution in [0.4, 0.5) is 0 Å². The van der Waals surface area contributed by atoms with Crippen LogP contribution in [-0.4, -0.2) is 43.4 Å². The van der Waals surface area contributed by atoms with Gasteiger partial charge >= 0.3 is 0 Å². The minimum atomic E-state index is -3.67. The molecule has 3 rings (SSSR count). The van der Waals surface area contributed by atoms with Crippen molar-refractivity contribution in [2.75, 3.05) is 12.5 Å². The first-order valence-corrected chi connectivity index (χ1v) is 10.2. The van der Waals surface area contributed by atoms with Gasteiger partial charge in [0.15, 0.2) is 0 Å². The first-order chi connectivity index (χ1) is 10.9. The molecule has 130 valence electrons. The minimum absolute atomic E-state index is 0.715. The molecule has 24 heavy (non-hydrogen) atoms. The summed E-state index contributed by atoms with van der Waals surface area (Å²) in [5.74, 6) is 0. The van der Waals surface area contributed by atoms with Crippen LogP contribution in [0.2, 0.25) is 0 Å². The Hall–Kier alpha value is -2.07. The minimum Gasteiger partial charge on any atom is -0.286 e. The number of nitrogens with zero attached hydrogens (tertiary/aromatic N) is 1. The molecule has 2 aromatic carbocycles. The van der Waals surface area contributed by atoms with E-state index in [-0.39, 0.29) is 0 Å². The molecule has 0 bridgehead atoms. The van der Waals surface area contributed by atoms with Gasteiger partial charge in [0.25, 0.3) is 20.2 Å². The van der Waals surface area contributed by atoms with Crippen molar-refractivity contribution in [3.63, 3.8) is 0 Å². The van der Waals surface area contributed by atoms with E-state index in [0.717, 1.165) is 5.52 Å². The quantitative estimate of drug-likeness (QED) is 0.459. The van der Waals surface area contributed by atoms with E-state index in [1.165, 1.54) is 16.2 Å². The molecule has 0 radical (unpaired) electrons. The lowest BCUT2D eigenvalue weighted by Gasteiger charge is -2.01. The lowest BCUT2D eigenvalue weighted by Crippen LogP contribution is -1.88. The number of hydrogen-bond acceptors (Lipinski definition) is 5. The van der Waals surface area contributed by atoms with Gasteiger partial charge in [0.05, 0.1) is 18.0 Å². The Morgan fingerprint density at radius 2 is 1.17 bits per heavy atom. The molecule has 0 saturated carbocycles. The Bertz CT molecular complexity index is 929. The van der Waals surface area contributed by atoms with Crippen molar-refractivity contribution < 1.29 is 25.9 Å². The molecule has 1 aromatic heterocycles. The molecule has 0 aliphatic heterocycles. The van der Waals surface area contributed by atoms with Gasteiger partial charge in [0.2, 0.25) is 0 Å². The Kier molecular flexibility index (Phi) is 6.79. The summed E-state index contributed by atoms with van der Waals surface area (Å²) in [5.41, 5.74) is 1.06. The van der Waals surface area contributed by atoms with Crippen molar-refractivity contribution in [3.05, 3.63) is 54.7 Å². The zero-order valence-electron chi connectivity index (χ0n) is 13.0. The molecule has 3 aromatic rings. The number of pyridine rings is 1. The maximum Gasteiger partial charge on any atom is 0.261 e. The van der Waals surface area contributed by atoms with E-state index in [4.69, 9.17) is 9.11 Å². The molecular formula is C15H17NO6S2. The van der Waals surface area contributed by atoms with Crippen LogP contribution in [0.3, 0.4) is 0 Å². The van der Waals surface area contributed by atoms with Crippen LogP contribution in [0.5, 0.6) is 0 Å². The number of hydrogen-bond donors (Lipinski definition) is 2. The van der Waals surface area contributed by atoms with Crippen LogP contribution < -0.4 is 0 Å². The number of benzene rings is 2. The normalized spacial score (nSPS) is 11.2. The molecule has 2 N–H and O–H groups in total. The molecule has 0 amide bonds. The van der Waals surface area contributed by atoms with E-state index in [0.29, 0.717) is 12.5 Å². The van der Waals surface area contributed by atoms with Crippen molar-refractivity contribution in [1.29, 1.82) is 0 Å². The maximum absolute atomic E-state index is 9.19. The standard InChI is InChI=1S/C13H9N.2CH4O3S/c1-2-6-11-10(5-1)9-14-13-8-4-3-7-12(11)13;2*1-5(2,3)4/h1-9H;2*1H3,(H,2,3,4). The summed E-state index contributed by atoms with van der Waals surface area (Å²) < 4.78 is 51.7. The zero-order chi connectivity index (χ0) is 18.4. The lowest BCUT2D eigenvalue weighted by molar-refractivity contribution is 0.488. The van der Waals surface area contributed by atoms with Crippen molar-refractivity contribution in [1.82, 2.24) is 4.98 Å². The van der Waals surface area contributed by atoms with Gasteiger partial charge < -0.3 is 0 Å². The third kappa shape index (κ3) is 8.53. The van der Waals surface area contributed by atoms with Gasteiger partial charge in [0.1, 0.15) is 0 Å². The summed E-state index contributed by atoms with van der Waals surface area (Å²) in [6.45, 7) is 0. The summed E-state index contributed by atoms with van der Waals surface area (Å²) in [4.78, 5) is 4.41. The zero-order valence-corrected chi connectivity index (χ0v) is 14.6. The van der Waals surface area contributed by atoms with Crippen LogP contribution in [0.1, 0.15) is 0 Å². The highest BCUT2D eigenvalue weighted by atomic mass is 32.2. The van der Waals surface area contributed by atoms with Crippen LogP contribution in [0, 0.1) is 0 Å². The van der Waals surface area contributed by atoms with Gasteiger partial charge in [-0.05, 0) is 11.5 Å². The number of fused-ring (bicyclic) bond motifs is 3. The molecule has 0 aliphatic rings. The fraction of sp³-hybridized carbons (Fsp3) is 0.133. The number of rotatable bonds is 0. The van der Waals surface area contributed by atoms with E-state index < -0.39 is 20.2 Å². The Morgan fingerprint density at radius 3 is 1.71 bits per heavy atom. The van der Waals surface area contributed by atoms with Crippen molar-refractivity contribution in [2.45, 2.75) is 0 Å². The summed E-state index contributed by atoms with van der Waals surface area (Å²) in [6, 6.07) is 16.6. The molecule has 0 fully saturated rings. The Labute approximate surface area is 140 Å². The topological polar surface area (TPSA) is 122 Å². The third-order valence-electron chi connectivity index (χ3n) is 2.50. The predicted molar refractivity (Wildman–Crippen MR) is 94.2 cm³/mol. The van der Waals surface area contributed by atoms with Gasteiger partial charge in [-0.3, -0.25) is 14.1 Å². The average Bonchev–Trinajstić information content (AvgIpc) is 2.44. The summed E-state index contributed by atoms with van der Waals surface area (Å²) in [7, 11) is -7.33. The van der Waals surface area contributed by atoms with Crippen LogP contribution >= 0.6 is 0 Å². The largest absolute Gasteiger partial charge is 0.286 e. The predicted octanol–water partition coefficient (Wildman–Crippen LogP) is 2.40. The highest BCUT2D eigenvalue weighted by Gasteiger charge is 1.98. The summed E-state index contributed by atoms with van der Waals surface area (Å²) >= 11 is 0. The Morgan fingerprint density at radius 1 is 0.750 bits per heavy atom. The molecule has 0 atom stereocenters. The number of aromatic nitrogens is 1. The van der Waals surface area contributed by atoms with Crippen molar-refractivity contribution >= 4 is 41.9 Å². The third-order valence-corrected chi connectivity index (χ3v) is 2.50. The molecule has 0 aliphatic carbocycles. The molecule has 7 nitrogen and oxygen atoms in total. The molecule has 1 heterocycles. The van der Waals surface area contributed by atoms with Crippen molar-refractivity contribution in [2.24, 2.45) is 0 Å². The van der Waals surface area contributed by atoms with E-state index in [2.05, 4.69) is 35.3 Å². The smallest absolute Gasteiger partial charge is 0.261 e. The summed E-state index contributed by atoms with van der Waals surface area (Å²) in [5, 5.41) is 3.70. The SMILES string of the molecule is CS(=O)(=O)O.CS(=O)(=O)O.c1ccc2c(c1)cnc1ccccc12. The second-order valence-electron chi connectivity index (χ2n) is 4.83. The number of para-hydroxylation sites is 1. The molecule has 9 heteroatoms. The molecule has 0 saturated heterocycles. The average molecular weight is 371 g/mol. The molecule has 0 spiro atoms. The first kappa shape index (κ1) is 20.0. The second-order valence-corrected chi connectivity index (χ2v) is 7.76. The maximum atomic E-state index is 9.19.